The maximum atomic E-state index is 3.55. The van der Waals surface area contributed by atoms with E-state index < -0.39 is 0 Å². The van der Waals surface area contributed by atoms with Crippen molar-refractivity contribution in [3.63, 3.8) is 0 Å². The molecule has 2 heteroatoms. The summed E-state index contributed by atoms with van der Waals surface area (Å²) in [6.07, 6.45) is 1.36. The fraction of sp³-hybridized carbons (Fsp3) is 0.294. The largest absolute Gasteiger partial charge is 0.385 e. The number of nitrogens with one attached hydrogen (secondary N) is 1. The molecule has 0 aliphatic carbocycles. The number of hydrogen-bond acceptors (Lipinski definition) is 2. The number of benzene rings is 2. The summed E-state index contributed by atoms with van der Waals surface area (Å²) in [6, 6.07) is 19.3. The van der Waals surface area contributed by atoms with Crippen LogP contribution in [0.25, 0.3) is 11.1 Å². The molecule has 1 unspecified atom stereocenters. The molecule has 1 nitrogen and oxygen atoms in total. The van der Waals surface area contributed by atoms with Crippen molar-refractivity contribution < 1.29 is 0 Å². The quantitative estimate of drug-likeness (QED) is 0.876. The lowest BCUT2D eigenvalue weighted by Crippen LogP contribution is -2.13. The Hall–Kier alpha value is -1.41. The standard InChI is InChI=1S/C17H19NS/c1-2-4-15(5-3-1)16-6-8-17(9-7-16)18-12-14-10-11-19-13-14/h1-9,14,18H,10-13H2. The van der Waals surface area contributed by atoms with Crippen LogP contribution in [0, 0.1) is 5.92 Å². The van der Waals surface area contributed by atoms with E-state index in [0.717, 1.165) is 12.5 Å². The highest BCUT2D eigenvalue weighted by Gasteiger charge is 2.14. The Morgan fingerprint density at radius 1 is 0.947 bits per heavy atom. The molecule has 2 aromatic rings. The summed E-state index contributed by atoms with van der Waals surface area (Å²) in [5, 5.41) is 3.55. The molecule has 0 amide bonds. The van der Waals surface area contributed by atoms with Crippen molar-refractivity contribution in [2.24, 2.45) is 5.92 Å². The Morgan fingerprint density at radius 2 is 1.68 bits per heavy atom. The topological polar surface area (TPSA) is 12.0 Å². The van der Waals surface area contributed by atoms with Crippen molar-refractivity contribution in [2.45, 2.75) is 6.42 Å². The highest BCUT2D eigenvalue weighted by Crippen LogP contribution is 2.25. The zero-order chi connectivity index (χ0) is 12.9. The predicted molar refractivity (Wildman–Crippen MR) is 85.8 cm³/mol. The molecule has 98 valence electrons. The maximum absolute atomic E-state index is 3.55. The van der Waals surface area contributed by atoms with Gasteiger partial charge in [-0.3, -0.25) is 0 Å². The van der Waals surface area contributed by atoms with Crippen molar-refractivity contribution in [2.75, 3.05) is 23.4 Å². The van der Waals surface area contributed by atoms with E-state index in [-0.39, 0.29) is 0 Å². The van der Waals surface area contributed by atoms with Crippen molar-refractivity contribution in [3.8, 4) is 11.1 Å². The molecule has 19 heavy (non-hydrogen) atoms. The van der Waals surface area contributed by atoms with Gasteiger partial charge in [-0.2, -0.15) is 11.8 Å². The summed E-state index contributed by atoms with van der Waals surface area (Å²) in [5.41, 5.74) is 3.79. The molecule has 1 saturated heterocycles. The van der Waals surface area contributed by atoms with Crippen molar-refractivity contribution >= 4 is 17.4 Å². The minimum Gasteiger partial charge on any atom is -0.385 e. The van der Waals surface area contributed by atoms with Crippen LogP contribution >= 0.6 is 11.8 Å². The smallest absolute Gasteiger partial charge is 0.0340 e. The zero-order valence-corrected chi connectivity index (χ0v) is 11.8. The first-order valence-corrected chi connectivity index (χ1v) is 8.04. The van der Waals surface area contributed by atoms with Gasteiger partial charge in [-0.1, -0.05) is 42.5 Å². The van der Waals surface area contributed by atoms with Crippen molar-refractivity contribution in [1.29, 1.82) is 0 Å². The van der Waals surface area contributed by atoms with E-state index in [1.54, 1.807) is 0 Å². The lowest BCUT2D eigenvalue weighted by atomic mass is 10.1. The Bertz CT molecular complexity index is 501. The third-order valence-corrected chi connectivity index (χ3v) is 4.84. The van der Waals surface area contributed by atoms with Gasteiger partial charge in [0.05, 0.1) is 0 Å². The van der Waals surface area contributed by atoms with Gasteiger partial charge in [0.25, 0.3) is 0 Å². The highest BCUT2D eigenvalue weighted by atomic mass is 32.2. The molecule has 1 N–H and O–H groups in total. The van der Waals surface area contributed by atoms with Crippen LogP contribution in [0.3, 0.4) is 0 Å². The molecule has 1 aliphatic heterocycles. The van der Waals surface area contributed by atoms with Gasteiger partial charge in [-0.05, 0) is 47.1 Å². The van der Waals surface area contributed by atoms with E-state index in [1.807, 2.05) is 0 Å². The van der Waals surface area contributed by atoms with Crippen LogP contribution < -0.4 is 5.32 Å². The van der Waals surface area contributed by atoms with Crippen LogP contribution in [-0.4, -0.2) is 18.1 Å². The number of hydrogen-bond donors (Lipinski definition) is 1. The molecule has 3 rings (SSSR count). The van der Waals surface area contributed by atoms with Gasteiger partial charge < -0.3 is 5.32 Å². The predicted octanol–water partition coefficient (Wildman–Crippen LogP) is 4.52. The number of anilines is 1. The van der Waals surface area contributed by atoms with Crippen LogP contribution in [0.5, 0.6) is 0 Å². The minimum absolute atomic E-state index is 0.846. The second kappa shape index (κ2) is 6.16. The average molecular weight is 269 g/mol. The summed E-state index contributed by atoms with van der Waals surface area (Å²) in [6.45, 7) is 1.11. The molecular formula is C17H19NS. The molecule has 1 aliphatic rings. The van der Waals surface area contributed by atoms with Crippen molar-refractivity contribution in [3.05, 3.63) is 54.6 Å². The first kappa shape index (κ1) is 12.6. The Morgan fingerprint density at radius 3 is 2.37 bits per heavy atom. The van der Waals surface area contributed by atoms with E-state index >= 15 is 0 Å². The van der Waals surface area contributed by atoms with Gasteiger partial charge >= 0.3 is 0 Å². The summed E-state index contributed by atoms with van der Waals surface area (Å²) >= 11 is 2.08. The molecular weight excluding hydrogens is 250 g/mol. The van der Waals surface area contributed by atoms with Crippen molar-refractivity contribution in [1.82, 2.24) is 0 Å². The average Bonchev–Trinajstić information content (AvgIpc) is 3.00. The molecule has 0 radical (unpaired) electrons. The van der Waals surface area contributed by atoms with Crippen LogP contribution in [0.15, 0.2) is 54.6 Å². The van der Waals surface area contributed by atoms with Gasteiger partial charge in [0.2, 0.25) is 0 Å². The third kappa shape index (κ3) is 3.32. The fourth-order valence-electron chi connectivity index (χ4n) is 2.42. The highest BCUT2D eigenvalue weighted by molar-refractivity contribution is 7.99. The normalized spacial score (nSPS) is 18.4. The lowest BCUT2D eigenvalue weighted by molar-refractivity contribution is 0.632. The van der Waals surface area contributed by atoms with Gasteiger partial charge in [0.1, 0.15) is 0 Å². The molecule has 0 saturated carbocycles. The Balaban J connectivity index is 1.62. The molecule has 0 aromatic heterocycles. The summed E-state index contributed by atoms with van der Waals surface area (Å²) in [7, 11) is 0. The Labute approximate surface area is 119 Å². The zero-order valence-electron chi connectivity index (χ0n) is 11.0. The van der Waals surface area contributed by atoms with Gasteiger partial charge in [0, 0.05) is 12.2 Å². The molecule has 0 bridgehead atoms. The van der Waals surface area contributed by atoms with Crippen LogP contribution in [0.4, 0.5) is 5.69 Å². The first-order chi connectivity index (χ1) is 9.42. The lowest BCUT2D eigenvalue weighted by Gasteiger charge is -2.11. The summed E-state index contributed by atoms with van der Waals surface area (Å²) in [5.74, 6) is 3.49. The second-order valence-electron chi connectivity index (χ2n) is 5.05. The molecule has 1 fully saturated rings. The fourth-order valence-corrected chi connectivity index (χ4v) is 3.70. The van der Waals surface area contributed by atoms with Gasteiger partial charge in [0.15, 0.2) is 0 Å². The molecule has 2 aromatic carbocycles. The van der Waals surface area contributed by atoms with E-state index in [0.29, 0.717) is 0 Å². The third-order valence-electron chi connectivity index (χ3n) is 3.61. The first-order valence-electron chi connectivity index (χ1n) is 6.89. The molecule has 0 spiro atoms. The van der Waals surface area contributed by atoms with Gasteiger partial charge in [-0.15, -0.1) is 0 Å². The van der Waals surface area contributed by atoms with E-state index in [4.69, 9.17) is 0 Å². The molecule has 1 heterocycles. The van der Waals surface area contributed by atoms with E-state index in [1.165, 1.54) is 34.7 Å². The number of thioether (sulfide) groups is 1. The Kier molecular flexibility index (Phi) is 4.09. The monoisotopic (exact) mass is 269 g/mol. The summed E-state index contributed by atoms with van der Waals surface area (Å²) in [4.78, 5) is 0. The van der Waals surface area contributed by atoms with Crippen LogP contribution in [-0.2, 0) is 0 Å². The van der Waals surface area contributed by atoms with E-state index in [2.05, 4.69) is 71.7 Å². The maximum Gasteiger partial charge on any atom is 0.0340 e. The van der Waals surface area contributed by atoms with Crippen LogP contribution in [0.2, 0.25) is 0 Å². The molecule has 1 atom stereocenters. The second-order valence-corrected chi connectivity index (χ2v) is 6.20. The number of rotatable bonds is 4. The SMILES string of the molecule is c1ccc(-c2ccc(NCC3CCSC3)cc2)cc1. The van der Waals surface area contributed by atoms with Crippen LogP contribution in [0.1, 0.15) is 6.42 Å². The van der Waals surface area contributed by atoms with Gasteiger partial charge in [-0.25, -0.2) is 0 Å². The summed E-state index contributed by atoms with van der Waals surface area (Å²) < 4.78 is 0. The minimum atomic E-state index is 0.846. The van der Waals surface area contributed by atoms with E-state index in [9.17, 15) is 0 Å².